The third kappa shape index (κ3) is 4.36. The second kappa shape index (κ2) is 7.94. The highest BCUT2D eigenvalue weighted by molar-refractivity contribution is 7.89. The molecule has 0 unspecified atom stereocenters. The van der Waals surface area contributed by atoms with Crippen molar-refractivity contribution in [3.63, 3.8) is 0 Å². The van der Waals surface area contributed by atoms with Gasteiger partial charge < -0.3 is 4.90 Å². The Kier molecular flexibility index (Phi) is 5.84. The van der Waals surface area contributed by atoms with Crippen LogP contribution in [0.2, 0.25) is 5.02 Å². The fourth-order valence-electron chi connectivity index (χ4n) is 3.26. The Labute approximate surface area is 158 Å². The predicted molar refractivity (Wildman–Crippen MR) is 99.6 cm³/mol. The molecule has 9 heteroatoms. The predicted octanol–water partition coefficient (Wildman–Crippen LogP) is 1.33. The molecule has 1 aromatic carbocycles. The van der Waals surface area contributed by atoms with Crippen molar-refractivity contribution in [3.8, 4) is 0 Å². The maximum Gasteiger partial charge on any atom is 0.229 e. The Morgan fingerprint density at radius 1 is 0.923 bits per heavy atom. The van der Waals surface area contributed by atoms with Gasteiger partial charge >= 0.3 is 0 Å². The average molecular weight is 400 g/mol. The number of sulfonamides is 1. The quantitative estimate of drug-likeness (QED) is 0.698. The van der Waals surface area contributed by atoms with Gasteiger partial charge in [0.05, 0.1) is 5.75 Å². The molecule has 0 aromatic heterocycles. The molecule has 0 saturated carbocycles. The first-order chi connectivity index (χ1) is 12.4. The Morgan fingerprint density at radius 2 is 1.50 bits per heavy atom. The second-order valence-electron chi connectivity index (χ2n) is 6.47. The summed E-state index contributed by atoms with van der Waals surface area (Å²) in [6, 6.07) is 7.46. The molecule has 2 aliphatic heterocycles. The zero-order chi connectivity index (χ0) is 18.7. The number of carbonyl (C=O) groups is 2. The first kappa shape index (κ1) is 19.1. The highest BCUT2D eigenvalue weighted by Crippen LogP contribution is 2.20. The highest BCUT2D eigenvalue weighted by atomic mass is 35.5. The molecule has 0 N–H and O–H groups in total. The van der Waals surface area contributed by atoms with Gasteiger partial charge in [-0.2, -0.15) is 4.31 Å². The van der Waals surface area contributed by atoms with E-state index < -0.39 is 10.0 Å². The second-order valence-corrected chi connectivity index (χ2v) is 9.00. The lowest BCUT2D eigenvalue weighted by atomic mass is 10.1. The van der Waals surface area contributed by atoms with Crippen LogP contribution in [0.4, 0.5) is 5.69 Å². The zero-order valence-electron chi connectivity index (χ0n) is 14.4. The van der Waals surface area contributed by atoms with E-state index in [1.165, 1.54) is 4.31 Å². The van der Waals surface area contributed by atoms with Crippen LogP contribution in [0.3, 0.4) is 0 Å². The fourth-order valence-corrected chi connectivity index (χ4v) is 4.78. The largest absolute Gasteiger partial charge is 0.369 e. The average Bonchev–Trinajstić information content (AvgIpc) is 2.62. The summed E-state index contributed by atoms with van der Waals surface area (Å²) in [6.07, 6.45) is 1.17. The van der Waals surface area contributed by atoms with Crippen molar-refractivity contribution in [1.82, 2.24) is 9.21 Å². The summed E-state index contributed by atoms with van der Waals surface area (Å²) < 4.78 is 26.6. The number of piperazine rings is 1. The number of piperidine rings is 1. The lowest BCUT2D eigenvalue weighted by molar-refractivity contribution is -0.147. The third-order valence-electron chi connectivity index (χ3n) is 4.78. The molecule has 1 aromatic rings. The number of rotatable bonds is 5. The Morgan fingerprint density at radius 3 is 2.08 bits per heavy atom. The molecule has 2 saturated heterocycles. The summed E-state index contributed by atoms with van der Waals surface area (Å²) in [5.41, 5.74) is 1.01. The summed E-state index contributed by atoms with van der Waals surface area (Å²) in [4.78, 5) is 26.8. The van der Waals surface area contributed by atoms with Crippen LogP contribution < -0.4 is 4.90 Å². The standard InChI is InChI=1S/C17H22ClN3O4S/c18-14-4-6-15(7-5-14)19-8-10-20(11-9-19)26(24,25)13-12-21-16(22)2-1-3-17(21)23/h4-7H,1-3,8-13H2. The maximum atomic E-state index is 12.6. The normalized spacial score (nSPS) is 19.9. The van der Waals surface area contributed by atoms with Crippen molar-refractivity contribution in [2.24, 2.45) is 0 Å². The Hall–Kier alpha value is -1.64. The maximum absolute atomic E-state index is 12.6. The molecule has 7 nitrogen and oxygen atoms in total. The lowest BCUT2D eigenvalue weighted by Gasteiger charge is -2.35. The van der Waals surface area contributed by atoms with E-state index in [4.69, 9.17) is 11.6 Å². The highest BCUT2D eigenvalue weighted by Gasteiger charge is 2.31. The van der Waals surface area contributed by atoms with Gasteiger partial charge in [0.2, 0.25) is 21.8 Å². The van der Waals surface area contributed by atoms with Gasteiger partial charge in [0.25, 0.3) is 0 Å². The SMILES string of the molecule is O=C1CCCC(=O)N1CCS(=O)(=O)N1CCN(c2ccc(Cl)cc2)CC1. The van der Waals surface area contributed by atoms with E-state index in [9.17, 15) is 18.0 Å². The van der Waals surface area contributed by atoms with Gasteiger partial charge in [0, 0.05) is 56.3 Å². The number of benzene rings is 1. The summed E-state index contributed by atoms with van der Waals surface area (Å²) in [7, 11) is -3.50. The number of hydrogen-bond donors (Lipinski definition) is 0. The van der Waals surface area contributed by atoms with Gasteiger partial charge in [0.1, 0.15) is 0 Å². The number of amides is 2. The van der Waals surface area contributed by atoms with Crippen molar-refractivity contribution in [2.75, 3.05) is 43.4 Å². The number of halogens is 1. The Bertz CT molecular complexity index is 758. The minimum atomic E-state index is -3.50. The van der Waals surface area contributed by atoms with E-state index >= 15 is 0 Å². The van der Waals surface area contributed by atoms with E-state index in [2.05, 4.69) is 4.90 Å². The number of likely N-dealkylation sites (tertiary alicyclic amines) is 1. The van der Waals surface area contributed by atoms with E-state index in [-0.39, 0.29) is 24.1 Å². The van der Waals surface area contributed by atoms with Crippen LogP contribution in [0.1, 0.15) is 19.3 Å². The molecule has 0 aliphatic carbocycles. The molecule has 2 heterocycles. The fraction of sp³-hybridized carbons (Fsp3) is 0.529. The van der Waals surface area contributed by atoms with Gasteiger partial charge in [-0.25, -0.2) is 8.42 Å². The van der Waals surface area contributed by atoms with Gasteiger partial charge in [0.15, 0.2) is 0 Å². The van der Waals surface area contributed by atoms with Crippen LogP contribution in [0, 0.1) is 0 Å². The molecule has 2 amide bonds. The van der Waals surface area contributed by atoms with E-state index in [1.807, 2.05) is 24.3 Å². The Balaban J connectivity index is 1.55. The molecular formula is C17H22ClN3O4S. The minimum Gasteiger partial charge on any atom is -0.369 e. The van der Waals surface area contributed by atoms with Crippen LogP contribution in [-0.4, -0.2) is 67.9 Å². The smallest absolute Gasteiger partial charge is 0.229 e. The number of carbonyl (C=O) groups excluding carboxylic acids is 2. The van der Waals surface area contributed by atoms with Crippen LogP contribution in [0.5, 0.6) is 0 Å². The van der Waals surface area contributed by atoms with Crippen molar-refractivity contribution in [3.05, 3.63) is 29.3 Å². The molecule has 2 fully saturated rings. The van der Waals surface area contributed by atoms with Crippen LogP contribution >= 0.6 is 11.6 Å². The van der Waals surface area contributed by atoms with Crippen LogP contribution in [0.25, 0.3) is 0 Å². The number of nitrogens with zero attached hydrogens (tertiary/aromatic N) is 3. The van der Waals surface area contributed by atoms with Gasteiger partial charge in [-0.05, 0) is 30.7 Å². The van der Waals surface area contributed by atoms with Crippen molar-refractivity contribution >= 4 is 39.1 Å². The third-order valence-corrected chi connectivity index (χ3v) is 6.88. The van der Waals surface area contributed by atoms with Crippen LogP contribution in [0.15, 0.2) is 24.3 Å². The van der Waals surface area contributed by atoms with Crippen molar-refractivity contribution in [2.45, 2.75) is 19.3 Å². The van der Waals surface area contributed by atoms with Gasteiger partial charge in [-0.1, -0.05) is 11.6 Å². The summed E-state index contributed by atoms with van der Waals surface area (Å²) in [6.45, 7) is 1.88. The number of anilines is 1. The first-order valence-electron chi connectivity index (χ1n) is 8.68. The van der Waals surface area contributed by atoms with Gasteiger partial charge in [-0.3, -0.25) is 14.5 Å². The van der Waals surface area contributed by atoms with Crippen molar-refractivity contribution in [1.29, 1.82) is 0 Å². The monoisotopic (exact) mass is 399 g/mol. The molecule has 26 heavy (non-hydrogen) atoms. The number of hydrogen-bond acceptors (Lipinski definition) is 5. The molecule has 0 spiro atoms. The lowest BCUT2D eigenvalue weighted by Crippen LogP contribution is -2.51. The first-order valence-corrected chi connectivity index (χ1v) is 10.7. The molecule has 3 rings (SSSR count). The molecule has 142 valence electrons. The zero-order valence-corrected chi connectivity index (χ0v) is 16.0. The minimum absolute atomic E-state index is 0.0581. The topological polar surface area (TPSA) is 78.0 Å². The molecule has 0 bridgehead atoms. The van der Waals surface area contributed by atoms with E-state index in [0.717, 1.165) is 10.6 Å². The molecule has 2 aliphatic rings. The summed E-state index contributed by atoms with van der Waals surface area (Å²) >= 11 is 5.89. The van der Waals surface area contributed by atoms with Crippen molar-refractivity contribution < 1.29 is 18.0 Å². The van der Waals surface area contributed by atoms with E-state index in [1.54, 1.807) is 0 Å². The summed E-state index contributed by atoms with van der Waals surface area (Å²) in [5.74, 6) is -0.765. The molecule has 0 radical (unpaired) electrons. The van der Waals surface area contributed by atoms with Gasteiger partial charge in [-0.15, -0.1) is 0 Å². The molecular weight excluding hydrogens is 378 g/mol. The van der Waals surface area contributed by atoms with Crippen LogP contribution in [-0.2, 0) is 19.6 Å². The summed E-state index contributed by atoms with van der Waals surface area (Å²) in [5, 5.41) is 0.664. The molecule has 0 atom stereocenters. The van der Waals surface area contributed by atoms with E-state index in [0.29, 0.717) is 50.5 Å². The number of imide groups is 1.